The summed E-state index contributed by atoms with van der Waals surface area (Å²) in [5.74, 6) is 1.42. The second-order valence-corrected chi connectivity index (χ2v) is 5.58. The maximum absolute atomic E-state index is 12.2. The number of ether oxygens (including phenoxy) is 1. The van der Waals surface area contributed by atoms with Crippen LogP contribution in [0.4, 0.5) is 0 Å². The van der Waals surface area contributed by atoms with E-state index in [2.05, 4.69) is 12.2 Å². The molecule has 2 unspecified atom stereocenters. The first-order chi connectivity index (χ1) is 8.56. The van der Waals surface area contributed by atoms with Crippen LogP contribution in [-0.2, 0) is 9.53 Å². The van der Waals surface area contributed by atoms with Crippen LogP contribution in [0.5, 0.6) is 0 Å². The van der Waals surface area contributed by atoms with Gasteiger partial charge in [-0.25, -0.2) is 0 Å². The summed E-state index contributed by atoms with van der Waals surface area (Å²) in [6, 6.07) is 0.155. The molecule has 4 nitrogen and oxygen atoms in total. The lowest BCUT2D eigenvalue weighted by molar-refractivity contribution is -0.134. The number of nitrogens with one attached hydrogen (secondary N) is 1. The number of piperidine rings is 1. The van der Waals surface area contributed by atoms with Gasteiger partial charge in [0.15, 0.2) is 0 Å². The Labute approximate surface area is 123 Å². The van der Waals surface area contributed by atoms with Gasteiger partial charge in [0.05, 0.1) is 12.6 Å². The van der Waals surface area contributed by atoms with Crippen LogP contribution in [0.15, 0.2) is 0 Å². The fourth-order valence-corrected chi connectivity index (χ4v) is 2.60. The van der Waals surface area contributed by atoms with Crippen LogP contribution < -0.4 is 5.32 Å². The number of nitrogens with zero attached hydrogens (tertiary/aromatic N) is 1. The van der Waals surface area contributed by atoms with Crippen LogP contribution >= 0.6 is 12.4 Å². The van der Waals surface area contributed by atoms with Gasteiger partial charge in [0.25, 0.3) is 0 Å². The summed E-state index contributed by atoms with van der Waals surface area (Å²) >= 11 is 0. The molecule has 1 rings (SSSR count). The number of likely N-dealkylation sites (N-methyl/N-ethyl adjacent to an activating group) is 1. The molecular formula is C14H29ClN2O2. The SMILES string of the molecule is COCC(C)N(C)C(=O)CC(C)C1CCNCC1.Cl. The molecule has 0 radical (unpaired) electrons. The van der Waals surface area contributed by atoms with Gasteiger partial charge in [0, 0.05) is 20.6 Å². The molecule has 0 bridgehead atoms. The molecule has 114 valence electrons. The minimum absolute atomic E-state index is 0. The van der Waals surface area contributed by atoms with Gasteiger partial charge in [0.1, 0.15) is 0 Å². The van der Waals surface area contributed by atoms with E-state index in [0.29, 0.717) is 24.9 Å². The van der Waals surface area contributed by atoms with E-state index in [1.807, 2.05) is 18.9 Å². The lowest BCUT2D eigenvalue weighted by Gasteiger charge is -2.30. The molecule has 0 aliphatic carbocycles. The molecule has 1 fully saturated rings. The van der Waals surface area contributed by atoms with E-state index in [1.165, 1.54) is 12.8 Å². The first-order valence-corrected chi connectivity index (χ1v) is 7.01. The number of hydrogen-bond donors (Lipinski definition) is 1. The van der Waals surface area contributed by atoms with Gasteiger partial charge >= 0.3 is 0 Å². The standard InChI is InChI=1S/C14H28N2O2.ClH/c1-11(13-5-7-15-8-6-13)9-14(17)16(3)12(2)10-18-4;/h11-13,15H,5-10H2,1-4H3;1H. The van der Waals surface area contributed by atoms with Crippen LogP contribution in [0.1, 0.15) is 33.1 Å². The highest BCUT2D eigenvalue weighted by Gasteiger charge is 2.24. The third-order valence-electron chi connectivity index (χ3n) is 4.15. The van der Waals surface area contributed by atoms with E-state index in [9.17, 15) is 4.79 Å². The molecule has 19 heavy (non-hydrogen) atoms. The normalized spacial score (nSPS) is 19.4. The highest BCUT2D eigenvalue weighted by Crippen LogP contribution is 2.24. The number of methoxy groups -OCH3 is 1. The number of carbonyl (C=O) groups excluding carboxylic acids is 1. The predicted octanol–water partition coefficient (Wildman–Crippen LogP) is 1.93. The Morgan fingerprint density at radius 3 is 2.47 bits per heavy atom. The van der Waals surface area contributed by atoms with Crippen molar-refractivity contribution in [1.29, 1.82) is 0 Å². The number of carbonyl (C=O) groups is 1. The molecule has 1 aliphatic rings. The van der Waals surface area contributed by atoms with E-state index in [4.69, 9.17) is 4.74 Å². The van der Waals surface area contributed by atoms with Crippen molar-refractivity contribution in [3.8, 4) is 0 Å². The molecule has 1 amide bonds. The molecule has 1 aliphatic heterocycles. The molecule has 1 saturated heterocycles. The topological polar surface area (TPSA) is 41.6 Å². The lowest BCUT2D eigenvalue weighted by atomic mass is 9.84. The van der Waals surface area contributed by atoms with Crippen LogP contribution in [0.25, 0.3) is 0 Å². The first-order valence-electron chi connectivity index (χ1n) is 7.01. The third-order valence-corrected chi connectivity index (χ3v) is 4.15. The van der Waals surface area contributed by atoms with Crippen LogP contribution in [0.2, 0.25) is 0 Å². The van der Waals surface area contributed by atoms with E-state index < -0.39 is 0 Å². The number of amides is 1. The van der Waals surface area contributed by atoms with Crippen molar-refractivity contribution in [2.45, 2.75) is 39.2 Å². The highest BCUT2D eigenvalue weighted by atomic mass is 35.5. The van der Waals surface area contributed by atoms with Crippen molar-refractivity contribution in [1.82, 2.24) is 10.2 Å². The van der Waals surface area contributed by atoms with Gasteiger partial charge in [-0.15, -0.1) is 12.4 Å². The highest BCUT2D eigenvalue weighted by molar-refractivity contribution is 5.85. The Morgan fingerprint density at radius 1 is 1.37 bits per heavy atom. The third kappa shape index (κ3) is 6.11. The summed E-state index contributed by atoms with van der Waals surface area (Å²) in [7, 11) is 3.55. The quantitative estimate of drug-likeness (QED) is 0.813. The smallest absolute Gasteiger partial charge is 0.222 e. The van der Waals surface area contributed by atoms with Crippen LogP contribution in [0, 0.1) is 11.8 Å². The molecule has 0 saturated carbocycles. The van der Waals surface area contributed by atoms with E-state index in [0.717, 1.165) is 13.1 Å². The summed E-state index contributed by atoms with van der Waals surface area (Å²) in [5.41, 5.74) is 0. The van der Waals surface area contributed by atoms with Gasteiger partial charge in [-0.3, -0.25) is 4.79 Å². The molecule has 2 atom stereocenters. The summed E-state index contributed by atoms with van der Waals surface area (Å²) in [6.07, 6.45) is 3.06. The van der Waals surface area contributed by atoms with Gasteiger partial charge < -0.3 is 15.0 Å². The second-order valence-electron chi connectivity index (χ2n) is 5.58. The Hall–Kier alpha value is -0.320. The molecule has 1 N–H and O–H groups in total. The molecule has 0 spiro atoms. The van der Waals surface area contributed by atoms with Crippen LogP contribution in [-0.4, -0.2) is 50.7 Å². The Kier molecular flexibility index (Phi) is 9.40. The molecular weight excluding hydrogens is 264 g/mol. The lowest BCUT2D eigenvalue weighted by Crippen LogP contribution is -2.39. The molecule has 0 aromatic heterocycles. The average molecular weight is 293 g/mol. The maximum Gasteiger partial charge on any atom is 0.222 e. The number of rotatable bonds is 6. The molecule has 0 aromatic carbocycles. The van der Waals surface area contributed by atoms with Crippen LogP contribution in [0.3, 0.4) is 0 Å². The van der Waals surface area contributed by atoms with Crippen molar-refractivity contribution in [3.05, 3.63) is 0 Å². The van der Waals surface area contributed by atoms with E-state index >= 15 is 0 Å². The predicted molar refractivity (Wildman–Crippen MR) is 80.7 cm³/mol. The summed E-state index contributed by atoms with van der Waals surface area (Å²) in [4.78, 5) is 14.0. The molecule has 5 heteroatoms. The Bertz CT molecular complexity index is 258. The average Bonchev–Trinajstić information content (AvgIpc) is 2.39. The zero-order valence-electron chi connectivity index (χ0n) is 12.6. The minimum atomic E-state index is 0. The van der Waals surface area contributed by atoms with Crippen molar-refractivity contribution < 1.29 is 9.53 Å². The minimum Gasteiger partial charge on any atom is -0.383 e. The van der Waals surface area contributed by atoms with Crippen molar-refractivity contribution in [2.75, 3.05) is 33.9 Å². The zero-order valence-corrected chi connectivity index (χ0v) is 13.5. The van der Waals surface area contributed by atoms with Gasteiger partial charge in [-0.2, -0.15) is 0 Å². The zero-order chi connectivity index (χ0) is 13.5. The fourth-order valence-electron chi connectivity index (χ4n) is 2.60. The first kappa shape index (κ1) is 18.7. The monoisotopic (exact) mass is 292 g/mol. The Morgan fingerprint density at radius 2 is 1.95 bits per heavy atom. The maximum atomic E-state index is 12.2. The van der Waals surface area contributed by atoms with E-state index in [-0.39, 0.29) is 24.4 Å². The Balaban J connectivity index is 0.00000324. The largest absolute Gasteiger partial charge is 0.383 e. The number of hydrogen-bond acceptors (Lipinski definition) is 3. The van der Waals surface area contributed by atoms with Gasteiger partial charge in [-0.1, -0.05) is 6.92 Å². The fraction of sp³-hybridized carbons (Fsp3) is 0.929. The van der Waals surface area contributed by atoms with Crippen molar-refractivity contribution in [2.24, 2.45) is 11.8 Å². The molecule has 1 heterocycles. The summed E-state index contributed by atoms with van der Waals surface area (Å²) < 4.78 is 5.09. The summed E-state index contributed by atoms with van der Waals surface area (Å²) in [5, 5.41) is 3.37. The van der Waals surface area contributed by atoms with Crippen molar-refractivity contribution in [3.63, 3.8) is 0 Å². The van der Waals surface area contributed by atoms with E-state index in [1.54, 1.807) is 7.11 Å². The van der Waals surface area contributed by atoms with Crippen molar-refractivity contribution >= 4 is 18.3 Å². The summed E-state index contributed by atoms with van der Waals surface area (Å²) in [6.45, 7) is 7.03. The second kappa shape index (κ2) is 9.56. The van der Waals surface area contributed by atoms with Gasteiger partial charge in [0.2, 0.25) is 5.91 Å². The van der Waals surface area contributed by atoms with Gasteiger partial charge in [-0.05, 0) is 44.7 Å². The molecule has 0 aromatic rings. The number of halogens is 1.